The summed E-state index contributed by atoms with van der Waals surface area (Å²) in [5.74, 6) is -0.631. The molecule has 1 aromatic heterocycles. The number of nitrogens with one attached hydrogen (secondary N) is 1. The number of rotatable bonds is 1. The Hall–Kier alpha value is -1.23. The molecule has 1 rings (SSSR count). The summed E-state index contributed by atoms with van der Waals surface area (Å²) in [6.07, 6.45) is 0. The van der Waals surface area contributed by atoms with E-state index in [9.17, 15) is 9.59 Å². The lowest BCUT2D eigenvalue weighted by molar-refractivity contribution is 0.0578. The van der Waals surface area contributed by atoms with Crippen molar-refractivity contribution in [1.82, 2.24) is 9.78 Å². The van der Waals surface area contributed by atoms with Gasteiger partial charge in [-0.15, -0.1) is 0 Å². The van der Waals surface area contributed by atoms with Gasteiger partial charge in [0.05, 0.1) is 12.6 Å². The maximum atomic E-state index is 11.4. The summed E-state index contributed by atoms with van der Waals surface area (Å²) in [5.41, 5.74) is -0.890. The molecule has 0 saturated heterocycles. The number of carbonyl (C=O) groups excluding carboxylic acids is 1. The van der Waals surface area contributed by atoms with E-state index in [1.165, 1.54) is 11.8 Å². The minimum Gasteiger partial charge on any atom is -0.464 e. The van der Waals surface area contributed by atoms with Gasteiger partial charge >= 0.3 is 5.97 Å². The van der Waals surface area contributed by atoms with Crippen molar-refractivity contribution in [3.05, 3.63) is 21.1 Å². The van der Waals surface area contributed by atoms with Crippen molar-refractivity contribution < 1.29 is 9.53 Å². The Bertz CT molecular complexity index is 439. The lowest BCUT2D eigenvalue weighted by Gasteiger charge is -2.22. The van der Waals surface area contributed by atoms with E-state index in [1.54, 1.807) is 0 Å². The van der Waals surface area contributed by atoms with Crippen molar-refractivity contribution in [3.63, 3.8) is 0 Å². The van der Waals surface area contributed by atoms with Crippen LogP contribution >= 0.6 is 11.6 Å². The summed E-state index contributed by atoms with van der Waals surface area (Å²) in [6, 6.07) is 0. The first-order valence-electron chi connectivity index (χ1n) is 4.38. The number of aromatic nitrogens is 2. The molecule has 0 atom stereocenters. The topological polar surface area (TPSA) is 64.1 Å². The normalized spacial score (nSPS) is 11.5. The second-order valence-electron chi connectivity index (χ2n) is 4.10. The highest BCUT2D eigenvalue weighted by molar-refractivity contribution is 6.33. The molecule has 84 valence electrons. The van der Waals surface area contributed by atoms with Gasteiger partial charge in [-0.3, -0.25) is 14.6 Å². The number of hydrogen-bond donors (Lipinski definition) is 1. The molecule has 0 fully saturated rings. The highest BCUT2D eigenvalue weighted by Crippen LogP contribution is 2.20. The molecule has 1 heterocycles. The maximum Gasteiger partial charge on any atom is 0.358 e. The minimum atomic E-state index is -0.631. The van der Waals surface area contributed by atoms with Crippen molar-refractivity contribution in [2.24, 2.45) is 0 Å². The Morgan fingerprint density at radius 1 is 1.47 bits per heavy atom. The first kappa shape index (κ1) is 11.8. The Morgan fingerprint density at radius 2 is 2.00 bits per heavy atom. The zero-order valence-electron chi connectivity index (χ0n) is 9.05. The van der Waals surface area contributed by atoms with E-state index in [0.717, 1.165) is 0 Å². The molecular formula is C9H13ClN2O3. The van der Waals surface area contributed by atoms with Crippen LogP contribution in [0.1, 0.15) is 31.3 Å². The smallest absolute Gasteiger partial charge is 0.358 e. The van der Waals surface area contributed by atoms with Crippen molar-refractivity contribution in [2.45, 2.75) is 26.3 Å². The van der Waals surface area contributed by atoms with Crippen molar-refractivity contribution in [2.75, 3.05) is 7.11 Å². The molecule has 0 aliphatic rings. The molecule has 0 aliphatic heterocycles. The van der Waals surface area contributed by atoms with Crippen LogP contribution in [0.15, 0.2) is 4.79 Å². The number of halogens is 1. The van der Waals surface area contributed by atoms with Crippen LogP contribution in [0, 0.1) is 0 Å². The van der Waals surface area contributed by atoms with Gasteiger partial charge in [0, 0.05) is 0 Å². The van der Waals surface area contributed by atoms with Gasteiger partial charge in [-0.05, 0) is 20.8 Å². The molecule has 0 radical (unpaired) electrons. The van der Waals surface area contributed by atoms with Gasteiger partial charge in [0.2, 0.25) is 0 Å². The SMILES string of the molecule is COC(=O)c1c(Cl)c(=O)[nH]n1C(C)(C)C. The third kappa shape index (κ3) is 2.07. The molecule has 0 bridgehead atoms. The van der Waals surface area contributed by atoms with Crippen LogP contribution < -0.4 is 5.56 Å². The van der Waals surface area contributed by atoms with Crippen LogP contribution in [0.25, 0.3) is 0 Å². The summed E-state index contributed by atoms with van der Waals surface area (Å²) in [5, 5.41) is 2.35. The first-order valence-corrected chi connectivity index (χ1v) is 4.76. The molecule has 0 aromatic carbocycles. The first-order chi connectivity index (χ1) is 6.79. The van der Waals surface area contributed by atoms with Gasteiger partial charge in [0.1, 0.15) is 5.02 Å². The number of esters is 1. The van der Waals surface area contributed by atoms with E-state index >= 15 is 0 Å². The van der Waals surface area contributed by atoms with Gasteiger partial charge in [-0.1, -0.05) is 11.6 Å². The third-order valence-electron chi connectivity index (χ3n) is 1.89. The predicted octanol–water partition coefficient (Wildman–Crippen LogP) is 1.37. The van der Waals surface area contributed by atoms with Gasteiger partial charge in [-0.2, -0.15) is 0 Å². The standard InChI is InChI=1S/C9H13ClN2O3/c1-9(2,3)12-6(8(14)15-4)5(10)7(13)11-12/h1-4H3,(H,11,13). The van der Waals surface area contributed by atoms with E-state index in [1.807, 2.05) is 20.8 Å². The van der Waals surface area contributed by atoms with Gasteiger partial charge < -0.3 is 4.74 Å². The number of methoxy groups -OCH3 is 1. The molecule has 15 heavy (non-hydrogen) atoms. The fraction of sp³-hybridized carbons (Fsp3) is 0.556. The van der Waals surface area contributed by atoms with Gasteiger partial charge in [-0.25, -0.2) is 4.79 Å². The lowest BCUT2D eigenvalue weighted by Crippen LogP contribution is -2.28. The second kappa shape index (κ2) is 3.73. The molecule has 0 spiro atoms. The predicted molar refractivity (Wildman–Crippen MR) is 56.4 cm³/mol. The quantitative estimate of drug-likeness (QED) is 0.744. The lowest BCUT2D eigenvalue weighted by atomic mass is 10.1. The van der Waals surface area contributed by atoms with Crippen LogP contribution in [0.5, 0.6) is 0 Å². The summed E-state index contributed by atoms with van der Waals surface area (Å²) in [6.45, 7) is 5.52. The van der Waals surface area contributed by atoms with E-state index < -0.39 is 17.1 Å². The molecule has 6 heteroatoms. The molecule has 5 nitrogen and oxygen atoms in total. The van der Waals surface area contributed by atoms with Crippen LogP contribution in [0.2, 0.25) is 5.02 Å². The summed E-state index contributed by atoms with van der Waals surface area (Å²) < 4.78 is 5.97. The van der Waals surface area contributed by atoms with E-state index in [4.69, 9.17) is 11.6 Å². The van der Waals surface area contributed by atoms with Crippen LogP contribution in [0.4, 0.5) is 0 Å². The van der Waals surface area contributed by atoms with E-state index in [0.29, 0.717) is 0 Å². The minimum absolute atomic E-state index is 0.0525. The second-order valence-corrected chi connectivity index (χ2v) is 4.48. The Balaban J connectivity index is 3.48. The van der Waals surface area contributed by atoms with Crippen LogP contribution in [0.3, 0.4) is 0 Å². The number of ether oxygens (including phenoxy) is 1. The average Bonchev–Trinajstić information content (AvgIpc) is 2.42. The van der Waals surface area contributed by atoms with Gasteiger partial charge in [0.15, 0.2) is 5.69 Å². The molecule has 0 aliphatic carbocycles. The molecule has 1 N–H and O–H groups in total. The van der Waals surface area contributed by atoms with Crippen LogP contribution in [-0.2, 0) is 10.3 Å². The molecule has 0 saturated carbocycles. The Morgan fingerprint density at radius 3 is 2.40 bits per heavy atom. The van der Waals surface area contributed by atoms with Crippen molar-refractivity contribution in [1.29, 1.82) is 0 Å². The van der Waals surface area contributed by atoms with E-state index in [-0.39, 0.29) is 10.7 Å². The fourth-order valence-corrected chi connectivity index (χ4v) is 1.40. The zero-order chi connectivity index (χ0) is 11.8. The average molecular weight is 233 g/mol. The van der Waals surface area contributed by atoms with Crippen LogP contribution in [-0.4, -0.2) is 22.9 Å². The highest BCUT2D eigenvalue weighted by atomic mass is 35.5. The van der Waals surface area contributed by atoms with E-state index in [2.05, 4.69) is 9.84 Å². The van der Waals surface area contributed by atoms with Gasteiger partial charge in [0.25, 0.3) is 5.56 Å². The van der Waals surface area contributed by atoms with Crippen molar-refractivity contribution in [3.8, 4) is 0 Å². The molecule has 0 unspecified atom stereocenters. The number of aromatic amines is 1. The molecule has 1 aromatic rings. The molecule has 0 amide bonds. The summed E-state index contributed by atoms with van der Waals surface area (Å²) >= 11 is 5.73. The largest absolute Gasteiger partial charge is 0.464 e. The van der Waals surface area contributed by atoms with Crippen molar-refractivity contribution >= 4 is 17.6 Å². The number of carbonyl (C=O) groups is 1. The number of nitrogens with zero attached hydrogens (tertiary/aromatic N) is 1. The summed E-state index contributed by atoms with van der Waals surface area (Å²) in [7, 11) is 1.24. The fourth-order valence-electron chi connectivity index (χ4n) is 1.19. The third-order valence-corrected chi connectivity index (χ3v) is 2.24. The molecular weight excluding hydrogens is 220 g/mol. The Kier molecular flexibility index (Phi) is 2.95. The Labute approximate surface area is 92.0 Å². The summed E-state index contributed by atoms with van der Waals surface area (Å²) in [4.78, 5) is 22.7. The highest BCUT2D eigenvalue weighted by Gasteiger charge is 2.27. The monoisotopic (exact) mass is 232 g/mol. The number of hydrogen-bond acceptors (Lipinski definition) is 3. The maximum absolute atomic E-state index is 11.4. The zero-order valence-corrected chi connectivity index (χ0v) is 9.81. The number of H-pyrrole nitrogens is 1.